The van der Waals surface area contributed by atoms with Crippen LogP contribution in [-0.4, -0.2) is 61.3 Å². The molecule has 2 aliphatic rings. The molecule has 1 aromatic carbocycles. The van der Waals surface area contributed by atoms with E-state index >= 15 is 0 Å². The number of piperazine rings is 1. The Morgan fingerprint density at radius 2 is 2.00 bits per heavy atom. The van der Waals surface area contributed by atoms with Crippen LogP contribution in [0.5, 0.6) is 0 Å². The Morgan fingerprint density at radius 1 is 1.21 bits per heavy atom. The van der Waals surface area contributed by atoms with E-state index in [4.69, 9.17) is 0 Å². The minimum Gasteiger partial charge on any atom is -0.299 e. The number of nitrogens with zero attached hydrogens (tertiary/aromatic N) is 1. The molecule has 2 fully saturated rings. The fraction of sp³-hybridized carbons (Fsp3) is 0.714. The van der Waals surface area contributed by atoms with Gasteiger partial charge in [0, 0.05) is 36.4 Å². The predicted octanol–water partition coefficient (Wildman–Crippen LogP) is 4.18. The van der Waals surface area contributed by atoms with Gasteiger partial charge in [-0.25, -0.2) is 8.42 Å². The number of unbranched alkanes of at least 4 members (excludes halogenated alkanes) is 2. The van der Waals surface area contributed by atoms with E-state index in [-0.39, 0.29) is 6.04 Å². The first-order valence-electron chi connectivity index (χ1n) is 10.5. The number of rotatable bonds is 9. The molecule has 0 amide bonds. The van der Waals surface area contributed by atoms with Crippen molar-refractivity contribution >= 4 is 33.4 Å². The van der Waals surface area contributed by atoms with Crippen molar-refractivity contribution in [1.29, 1.82) is 0 Å². The van der Waals surface area contributed by atoms with Gasteiger partial charge in [0.25, 0.3) is 0 Å². The van der Waals surface area contributed by atoms with Gasteiger partial charge in [-0.1, -0.05) is 31.9 Å². The van der Waals surface area contributed by atoms with Crippen LogP contribution in [0, 0.1) is 0 Å². The second-order valence-corrected chi connectivity index (χ2v) is 12.6. The topological polar surface area (TPSA) is 49.4 Å². The van der Waals surface area contributed by atoms with Gasteiger partial charge in [-0.3, -0.25) is 10.2 Å². The normalized spacial score (nSPS) is 26.6. The number of benzene rings is 1. The summed E-state index contributed by atoms with van der Waals surface area (Å²) in [6.45, 7) is 5.51. The smallest absolute Gasteiger partial charge is 0.175 e. The Labute approximate surface area is 179 Å². The van der Waals surface area contributed by atoms with Crippen molar-refractivity contribution in [3.8, 4) is 0 Å². The molecule has 2 aliphatic heterocycles. The Balaban J connectivity index is 1.65. The molecule has 0 aliphatic carbocycles. The summed E-state index contributed by atoms with van der Waals surface area (Å²) in [5.74, 6) is 2.55. The number of nitrogens with one attached hydrogen (secondary N) is 1. The molecule has 158 valence electrons. The second-order valence-electron chi connectivity index (χ2n) is 7.98. The molecule has 0 saturated carbocycles. The van der Waals surface area contributed by atoms with E-state index in [9.17, 15) is 8.42 Å². The molecule has 3 atom stereocenters. The van der Waals surface area contributed by atoms with E-state index in [1.165, 1.54) is 55.4 Å². The predicted molar refractivity (Wildman–Crippen MR) is 123 cm³/mol. The van der Waals surface area contributed by atoms with Gasteiger partial charge in [0.15, 0.2) is 9.84 Å². The van der Waals surface area contributed by atoms with Crippen LogP contribution in [0.15, 0.2) is 29.2 Å². The molecule has 28 heavy (non-hydrogen) atoms. The summed E-state index contributed by atoms with van der Waals surface area (Å²) < 4.78 is 23.5. The average Bonchev–Trinajstić information content (AvgIpc) is 3.20. The minimum atomic E-state index is -3.14. The lowest BCUT2D eigenvalue weighted by molar-refractivity contribution is 0.187. The van der Waals surface area contributed by atoms with E-state index in [2.05, 4.69) is 40.7 Å². The maximum Gasteiger partial charge on any atom is 0.175 e. The van der Waals surface area contributed by atoms with Crippen molar-refractivity contribution < 1.29 is 8.42 Å². The largest absolute Gasteiger partial charge is 0.299 e. The molecule has 0 bridgehead atoms. The van der Waals surface area contributed by atoms with Crippen molar-refractivity contribution in [3.05, 3.63) is 29.8 Å². The van der Waals surface area contributed by atoms with Gasteiger partial charge in [0.05, 0.1) is 10.3 Å². The van der Waals surface area contributed by atoms with Gasteiger partial charge in [0.2, 0.25) is 0 Å². The van der Waals surface area contributed by atoms with Gasteiger partial charge in [-0.15, -0.1) is 11.8 Å². The first-order chi connectivity index (χ1) is 13.5. The van der Waals surface area contributed by atoms with Crippen LogP contribution in [0.4, 0.5) is 0 Å². The van der Waals surface area contributed by atoms with Crippen LogP contribution in [0.1, 0.15) is 50.6 Å². The lowest BCUT2D eigenvalue weighted by Gasteiger charge is -2.39. The fourth-order valence-electron chi connectivity index (χ4n) is 3.91. The molecule has 0 radical (unpaired) electrons. The molecule has 0 spiro atoms. The molecule has 2 heterocycles. The van der Waals surface area contributed by atoms with Crippen LogP contribution >= 0.6 is 23.5 Å². The molecule has 7 heteroatoms. The number of thioether (sulfide) groups is 2. The molecular weight excluding hydrogens is 408 g/mol. The fourth-order valence-corrected chi connectivity index (χ4v) is 7.36. The zero-order chi connectivity index (χ0) is 20.0. The van der Waals surface area contributed by atoms with Crippen molar-refractivity contribution in [2.45, 2.75) is 60.6 Å². The summed E-state index contributed by atoms with van der Waals surface area (Å²) >= 11 is 4.20. The van der Waals surface area contributed by atoms with Crippen LogP contribution in [0.25, 0.3) is 0 Å². The molecule has 3 rings (SSSR count). The highest BCUT2D eigenvalue weighted by atomic mass is 32.2. The summed E-state index contributed by atoms with van der Waals surface area (Å²) in [7, 11) is -3.14. The van der Waals surface area contributed by atoms with Gasteiger partial charge in [-0.2, -0.15) is 11.8 Å². The van der Waals surface area contributed by atoms with Gasteiger partial charge in [0.1, 0.15) is 0 Å². The van der Waals surface area contributed by atoms with Gasteiger partial charge < -0.3 is 0 Å². The SMILES string of the molecule is CCCCCN1CC(SCC2CCCS2)NC(c2ccc(S(C)(=O)=O)cc2)C1. The molecule has 1 N–H and O–H groups in total. The molecule has 4 nitrogen and oxygen atoms in total. The van der Waals surface area contributed by atoms with Crippen molar-refractivity contribution in [3.63, 3.8) is 0 Å². The van der Waals surface area contributed by atoms with Gasteiger partial charge in [-0.05, 0) is 49.3 Å². The zero-order valence-corrected chi connectivity index (χ0v) is 19.6. The van der Waals surface area contributed by atoms with E-state index in [0.29, 0.717) is 10.3 Å². The molecule has 2 saturated heterocycles. The quantitative estimate of drug-likeness (QED) is 0.579. The Morgan fingerprint density at radius 3 is 2.64 bits per heavy atom. The Bertz CT molecular complexity index is 703. The van der Waals surface area contributed by atoms with Crippen LogP contribution in [0.2, 0.25) is 0 Å². The summed E-state index contributed by atoms with van der Waals surface area (Å²) in [4.78, 5) is 3.00. The lowest BCUT2D eigenvalue weighted by Crippen LogP contribution is -2.51. The molecule has 3 unspecified atom stereocenters. The summed E-state index contributed by atoms with van der Waals surface area (Å²) in [5, 5.41) is 5.09. The van der Waals surface area contributed by atoms with E-state index in [0.717, 1.165) is 24.9 Å². The van der Waals surface area contributed by atoms with E-state index in [1.54, 1.807) is 12.1 Å². The monoisotopic (exact) mass is 442 g/mol. The third kappa shape index (κ3) is 6.66. The third-order valence-corrected chi connectivity index (χ3v) is 9.57. The third-order valence-electron chi connectivity index (χ3n) is 5.55. The molecule has 0 aromatic heterocycles. The highest BCUT2D eigenvalue weighted by molar-refractivity contribution is 8.03. The van der Waals surface area contributed by atoms with Crippen LogP contribution < -0.4 is 5.32 Å². The Hall–Kier alpha value is -0.210. The minimum absolute atomic E-state index is 0.262. The number of hydrogen-bond donors (Lipinski definition) is 1. The highest BCUT2D eigenvalue weighted by Gasteiger charge is 2.28. The van der Waals surface area contributed by atoms with E-state index in [1.807, 2.05) is 12.1 Å². The van der Waals surface area contributed by atoms with Crippen LogP contribution in [-0.2, 0) is 9.84 Å². The summed E-state index contributed by atoms with van der Waals surface area (Å²) in [5.41, 5.74) is 1.19. The summed E-state index contributed by atoms with van der Waals surface area (Å²) in [6.07, 6.45) is 7.79. The summed E-state index contributed by atoms with van der Waals surface area (Å²) in [6, 6.07) is 7.73. The van der Waals surface area contributed by atoms with Crippen molar-refractivity contribution in [2.24, 2.45) is 0 Å². The maximum absolute atomic E-state index is 11.8. The van der Waals surface area contributed by atoms with Crippen LogP contribution in [0.3, 0.4) is 0 Å². The Kier molecular flexibility index (Phi) is 8.60. The average molecular weight is 443 g/mol. The first kappa shape index (κ1) is 22.5. The maximum atomic E-state index is 11.8. The zero-order valence-electron chi connectivity index (χ0n) is 17.1. The number of sulfone groups is 1. The molecular formula is C21H34N2O2S3. The highest BCUT2D eigenvalue weighted by Crippen LogP contribution is 2.32. The standard InChI is InChI=1S/C21H34N2O2S3/c1-3-4-5-12-23-14-20(17-8-10-19(11-9-17)28(2,24)25)22-21(15-23)27-16-18-7-6-13-26-18/h8-11,18,20-22H,3-7,12-16H2,1-2H3. The van der Waals surface area contributed by atoms with E-state index < -0.39 is 9.84 Å². The van der Waals surface area contributed by atoms with Crippen molar-refractivity contribution in [1.82, 2.24) is 10.2 Å². The number of hydrogen-bond acceptors (Lipinski definition) is 6. The first-order valence-corrected chi connectivity index (χ1v) is 14.5. The van der Waals surface area contributed by atoms with Gasteiger partial charge >= 0.3 is 0 Å². The second kappa shape index (κ2) is 10.7. The lowest BCUT2D eigenvalue weighted by atomic mass is 10.0. The van der Waals surface area contributed by atoms with Crippen molar-refractivity contribution in [2.75, 3.05) is 37.4 Å². The molecule has 1 aromatic rings.